The molecule has 0 aromatic heterocycles. The molecule has 1 aliphatic heterocycles. The summed E-state index contributed by atoms with van der Waals surface area (Å²) in [6, 6.07) is 0. The highest BCUT2D eigenvalue weighted by Crippen LogP contribution is 2.20. The van der Waals surface area contributed by atoms with E-state index in [1.807, 2.05) is 6.92 Å². The van der Waals surface area contributed by atoms with Gasteiger partial charge in [-0.1, -0.05) is 0 Å². The Hall–Kier alpha value is -0.160. The molecule has 0 saturated carbocycles. The molecule has 0 aromatic carbocycles. The summed E-state index contributed by atoms with van der Waals surface area (Å²) in [7, 11) is 1.68. The third-order valence-electron chi connectivity index (χ3n) is 2.92. The SMILES string of the molecule is COCCOCCN1CCC(C)(O)CC1. The second-order valence-electron chi connectivity index (χ2n) is 4.44. The van der Waals surface area contributed by atoms with Gasteiger partial charge < -0.3 is 19.5 Å². The van der Waals surface area contributed by atoms with Crippen LogP contribution in [0.15, 0.2) is 0 Å². The van der Waals surface area contributed by atoms with E-state index in [2.05, 4.69) is 4.90 Å². The second-order valence-corrected chi connectivity index (χ2v) is 4.44. The van der Waals surface area contributed by atoms with Crippen LogP contribution in [0.25, 0.3) is 0 Å². The zero-order valence-corrected chi connectivity index (χ0v) is 9.87. The number of rotatable bonds is 6. The molecule has 0 aliphatic carbocycles. The Morgan fingerprint density at radius 2 is 1.87 bits per heavy atom. The summed E-state index contributed by atoms with van der Waals surface area (Å²) in [5, 5.41) is 9.76. The maximum Gasteiger partial charge on any atom is 0.0700 e. The fourth-order valence-corrected chi connectivity index (χ4v) is 1.70. The van der Waals surface area contributed by atoms with Crippen LogP contribution in [0.3, 0.4) is 0 Å². The highest BCUT2D eigenvalue weighted by Gasteiger charge is 2.26. The molecule has 4 nitrogen and oxygen atoms in total. The van der Waals surface area contributed by atoms with E-state index in [-0.39, 0.29) is 0 Å². The molecule has 0 amide bonds. The van der Waals surface area contributed by atoms with Crippen molar-refractivity contribution in [3.05, 3.63) is 0 Å². The first-order valence-electron chi connectivity index (χ1n) is 5.65. The van der Waals surface area contributed by atoms with Crippen molar-refractivity contribution in [1.82, 2.24) is 4.90 Å². The number of likely N-dealkylation sites (tertiary alicyclic amines) is 1. The second kappa shape index (κ2) is 6.43. The van der Waals surface area contributed by atoms with Crippen LogP contribution < -0.4 is 0 Å². The van der Waals surface area contributed by atoms with Gasteiger partial charge in [0.25, 0.3) is 0 Å². The van der Waals surface area contributed by atoms with Crippen LogP contribution in [0, 0.1) is 0 Å². The van der Waals surface area contributed by atoms with Crippen molar-refractivity contribution in [3.8, 4) is 0 Å². The Morgan fingerprint density at radius 3 is 2.47 bits per heavy atom. The van der Waals surface area contributed by atoms with Gasteiger partial charge in [0, 0.05) is 26.7 Å². The lowest BCUT2D eigenvalue weighted by atomic mass is 9.94. The van der Waals surface area contributed by atoms with Gasteiger partial charge in [0.15, 0.2) is 0 Å². The van der Waals surface area contributed by atoms with Crippen molar-refractivity contribution in [2.24, 2.45) is 0 Å². The van der Waals surface area contributed by atoms with Crippen LogP contribution in [-0.4, -0.2) is 62.2 Å². The molecule has 1 heterocycles. The number of hydrogen-bond acceptors (Lipinski definition) is 4. The fourth-order valence-electron chi connectivity index (χ4n) is 1.70. The lowest BCUT2D eigenvalue weighted by Gasteiger charge is -2.35. The van der Waals surface area contributed by atoms with Crippen molar-refractivity contribution in [2.45, 2.75) is 25.4 Å². The number of aliphatic hydroxyl groups is 1. The van der Waals surface area contributed by atoms with E-state index in [0.717, 1.165) is 39.1 Å². The van der Waals surface area contributed by atoms with Crippen LogP contribution in [-0.2, 0) is 9.47 Å². The smallest absolute Gasteiger partial charge is 0.0700 e. The Kier molecular flexibility index (Phi) is 5.53. The standard InChI is InChI=1S/C11H23NO3/c1-11(13)3-5-12(6-4-11)7-8-15-10-9-14-2/h13H,3-10H2,1-2H3. The molecule has 15 heavy (non-hydrogen) atoms. The molecule has 1 aliphatic rings. The van der Waals surface area contributed by atoms with E-state index in [1.165, 1.54) is 0 Å². The zero-order valence-electron chi connectivity index (χ0n) is 9.87. The van der Waals surface area contributed by atoms with Gasteiger partial charge in [-0.05, 0) is 19.8 Å². The minimum Gasteiger partial charge on any atom is -0.390 e. The van der Waals surface area contributed by atoms with E-state index in [4.69, 9.17) is 9.47 Å². The van der Waals surface area contributed by atoms with Crippen molar-refractivity contribution in [3.63, 3.8) is 0 Å². The maximum absolute atomic E-state index is 9.76. The van der Waals surface area contributed by atoms with Crippen LogP contribution in [0.2, 0.25) is 0 Å². The first-order valence-corrected chi connectivity index (χ1v) is 5.65. The molecule has 0 radical (unpaired) electrons. The van der Waals surface area contributed by atoms with E-state index in [0.29, 0.717) is 13.2 Å². The molecule has 1 N–H and O–H groups in total. The summed E-state index contributed by atoms with van der Waals surface area (Å²) in [6.07, 6.45) is 1.73. The molecule has 1 saturated heterocycles. The average Bonchev–Trinajstić information content (AvgIpc) is 2.20. The van der Waals surface area contributed by atoms with Crippen LogP contribution in [0.5, 0.6) is 0 Å². The van der Waals surface area contributed by atoms with E-state index in [9.17, 15) is 5.11 Å². The number of ether oxygens (including phenoxy) is 2. The van der Waals surface area contributed by atoms with Crippen LogP contribution >= 0.6 is 0 Å². The normalized spacial score (nSPS) is 21.8. The number of piperidine rings is 1. The first kappa shape index (κ1) is 12.9. The van der Waals surface area contributed by atoms with E-state index < -0.39 is 5.60 Å². The summed E-state index contributed by atoms with van der Waals surface area (Å²) in [5.41, 5.74) is -0.451. The van der Waals surface area contributed by atoms with Crippen molar-refractivity contribution in [1.29, 1.82) is 0 Å². The van der Waals surface area contributed by atoms with Gasteiger partial charge in [0.2, 0.25) is 0 Å². The number of hydrogen-bond donors (Lipinski definition) is 1. The quantitative estimate of drug-likeness (QED) is 0.658. The summed E-state index contributed by atoms with van der Waals surface area (Å²) >= 11 is 0. The first-order chi connectivity index (χ1) is 7.14. The van der Waals surface area contributed by atoms with Gasteiger partial charge in [0.1, 0.15) is 0 Å². The van der Waals surface area contributed by atoms with Gasteiger partial charge in [0.05, 0.1) is 25.4 Å². The highest BCUT2D eigenvalue weighted by molar-refractivity contribution is 4.81. The monoisotopic (exact) mass is 217 g/mol. The highest BCUT2D eigenvalue weighted by atomic mass is 16.5. The van der Waals surface area contributed by atoms with E-state index in [1.54, 1.807) is 7.11 Å². The van der Waals surface area contributed by atoms with Crippen molar-refractivity contribution in [2.75, 3.05) is 46.6 Å². The van der Waals surface area contributed by atoms with Gasteiger partial charge in [-0.3, -0.25) is 0 Å². The molecular formula is C11H23NO3. The summed E-state index contributed by atoms with van der Waals surface area (Å²) in [6.45, 7) is 6.91. The third kappa shape index (κ3) is 5.47. The molecule has 0 aromatic rings. The van der Waals surface area contributed by atoms with Gasteiger partial charge in [-0.25, -0.2) is 0 Å². The average molecular weight is 217 g/mol. The van der Waals surface area contributed by atoms with Gasteiger partial charge in [-0.15, -0.1) is 0 Å². The molecule has 0 bridgehead atoms. The molecule has 0 unspecified atom stereocenters. The van der Waals surface area contributed by atoms with Crippen LogP contribution in [0.4, 0.5) is 0 Å². The summed E-state index contributed by atoms with van der Waals surface area (Å²) < 4.78 is 10.3. The largest absolute Gasteiger partial charge is 0.390 e. The third-order valence-corrected chi connectivity index (χ3v) is 2.92. The van der Waals surface area contributed by atoms with E-state index >= 15 is 0 Å². The molecule has 0 atom stereocenters. The Labute approximate surface area is 92.2 Å². The zero-order chi connectivity index (χ0) is 11.1. The van der Waals surface area contributed by atoms with Gasteiger partial charge >= 0.3 is 0 Å². The number of nitrogens with zero attached hydrogens (tertiary/aromatic N) is 1. The predicted molar refractivity (Wildman–Crippen MR) is 59.0 cm³/mol. The summed E-state index contributed by atoms with van der Waals surface area (Å²) in [5.74, 6) is 0. The Morgan fingerprint density at radius 1 is 1.20 bits per heavy atom. The number of methoxy groups -OCH3 is 1. The molecular weight excluding hydrogens is 194 g/mol. The van der Waals surface area contributed by atoms with Crippen molar-refractivity contribution < 1.29 is 14.6 Å². The lowest BCUT2D eigenvalue weighted by molar-refractivity contribution is -0.0145. The predicted octanol–water partition coefficient (Wildman–Crippen LogP) is 0.496. The van der Waals surface area contributed by atoms with Crippen molar-refractivity contribution >= 4 is 0 Å². The maximum atomic E-state index is 9.76. The molecule has 1 rings (SSSR count). The van der Waals surface area contributed by atoms with Gasteiger partial charge in [-0.2, -0.15) is 0 Å². The molecule has 90 valence electrons. The topological polar surface area (TPSA) is 41.9 Å². The molecule has 4 heteroatoms. The minimum absolute atomic E-state index is 0.451. The molecule has 0 spiro atoms. The minimum atomic E-state index is -0.451. The molecule has 1 fully saturated rings. The Balaban J connectivity index is 1.99. The lowest BCUT2D eigenvalue weighted by Crippen LogP contribution is -2.43. The Bertz CT molecular complexity index is 163. The summed E-state index contributed by atoms with van der Waals surface area (Å²) in [4.78, 5) is 2.34. The fraction of sp³-hybridized carbons (Fsp3) is 1.00. The van der Waals surface area contributed by atoms with Crippen LogP contribution in [0.1, 0.15) is 19.8 Å².